The third-order valence-electron chi connectivity index (χ3n) is 2.67. The van der Waals surface area contributed by atoms with Crippen LogP contribution in [0.5, 0.6) is 0 Å². The molecule has 0 spiro atoms. The van der Waals surface area contributed by atoms with Gasteiger partial charge < -0.3 is 4.57 Å². The van der Waals surface area contributed by atoms with Gasteiger partial charge in [-0.2, -0.15) is 0 Å². The molecule has 0 N–H and O–H groups in total. The molecular formula is C12H11Cl2N3O2. The van der Waals surface area contributed by atoms with E-state index in [4.69, 9.17) is 23.2 Å². The largest absolute Gasteiger partial charge is 0.331 e. The molecule has 19 heavy (non-hydrogen) atoms. The third kappa shape index (κ3) is 2.88. The van der Waals surface area contributed by atoms with E-state index in [1.54, 1.807) is 12.1 Å². The fourth-order valence-corrected chi connectivity index (χ4v) is 1.99. The van der Waals surface area contributed by atoms with E-state index < -0.39 is 11.2 Å². The van der Waals surface area contributed by atoms with Crippen molar-refractivity contribution in [2.24, 2.45) is 0 Å². The van der Waals surface area contributed by atoms with Gasteiger partial charge in [0.1, 0.15) is 5.15 Å². The molecule has 7 heteroatoms. The molecule has 0 unspecified atom stereocenters. The van der Waals surface area contributed by atoms with Crippen LogP contribution in [0.2, 0.25) is 10.2 Å². The molecule has 2 heterocycles. The van der Waals surface area contributed by atoms with E-state index in [1.807, 2.05) is 6.92 Å². The van der Waals surface area contributed by atoms with Crippen molar-refractivity contribution in [2.45, 2.75) is 20.0 Å². The Hall–Kier alpha value is -1.59. The monoisotopic (exact) mass is 299 g/mol. The Morgan fingerprint density at radius 3 is 2.63 bits per heavy atom. The number of aromatic nitrogens is 3. The lowest BCUT2D eigenvalue weighted by Gasteiger charge is -2.09. The molecule has 0 amide bonds. The van der Waals surface area contributed by atoms with Crippen molar-refractivity contribution in [3.8, 4) is 0 Å². The van der Waals surface area contributed by atoms with Gasteiger partial charge in [0.05, 0.1) is 17.3 Å². The van der Waals surface area contributed by atoms with E-state index in [0.717, 1.165) is 4.57 Å². The summed E-state index contributed by atoms with van der Waals surface area (Å²) in [5, 5.41) is 0.627. The van der Waals surface area contributed by atoms with Crippen LogP contribution in [0.15, 0.2) is 34.0 Å². The molecule has 0 fully saturated rings. The summed E-state index contributed by atoms with van der Waals surface area (Å²) >= 11 is 11.8. The maximum atomic E-state index is 12.0. The van der Waals surface area contributed by atoms with Crippen molar-refractivity contribution < 1.29 is 0 Å². The Balaban J connectivity index is 2.52. The highest BCUT2D eigenvalue weighted by Gasteiger charge is 2.09. The smallest absolute Gasteiger partial charge is 0.301 e. The number of pyridine rings is 1. The molecule has 0 saturated heterocycles. The van der Waals surface area contributed by atoms with Crippen molar-refractivity contribution in [1.82, 2.24) is 14.1 Å². The normalized spacial score (nSPS) is 10.7. The summed E-state index contributed by atoms with van der Waals surface area (Å²) in [4.78, 5) is 27.8. The minimum atomic E-state index is -0.396. The van der Waals surface area contributed by atoms with Crippen LogP contribution in [0.3, 0.4) is 0 Å². The molecule has 2 aromatic heterocycles. The molecule has 2 aromatic rings. The van der Waals surface area contributed by atoms with Crippen molar-refractivity contribution in [1.29, 1.82) is 0 Å². The highest BCUT2D eigenvalue weighted by molar-refractivity contribution is 6.32. The van der Waals surface area contributed by atoms with E-state index >= 15 is 0 Å². The van der Waals surface area contributed by atoms with Gasteiger partial charge in [0, 0.05) is 18.8 Å². The SMILES string of the molecule is CCn1ccc(=O)n(Cc2nc(Cl)ccc2Cl)c1=O. The van der Waals surface area contributed by atoms with Gasteiger partial charge in [0.2, 0.25) is 0 Å². The van der Waals surface area contributed by atoms with Crippen LogP contribution in [0.4, 0.5) is 0 Å². The van der Waals surface area contributed by atoms with E-state index in [-0.39, 0.29) is 11.7 Å². The van der Waals surface area contributed by atoms with Gasteiger partial charge in [-0.1, -0.05) is 23.2 Å². The molecule has 0 saturated carbocycles. The molecule has 0 aliphatic rings. The van der Waals surface area contributed by atoms with Gasteiger partial charge in [-0.25, -0.2) is 9.78 Å². The van der Waals surface area contributed by atoms with E-state index in [1.165, 1.54) is 16.8 Å². The highest BCUT2D eigenvalue weighted by atomic mass is 35.5. The Labute approximate surface area is 119 Å². The van der Waals surface area contributed by atoms with Gasteiger partial charge in [-0.05, 0) is 19.1 Å². The second-order valence-corrected chi connectivity index (χ2v) is 4.67. The summed E-state index contributed by atoms with van der Waals surface area (Å²) in [5.41, 5.74) is -0.400. The molecule has 0 radical (unpaired) electrons. The lowest BCUT2D eigenvalue weighted by atomic mass is 10.3. The fourth-order valence-electron chi connectivity index (χ4n) is 1.66. The van der Waals surface area contributed by atoms with Crippen LogP contribution in [0.1, 0.15) is 12.6 Å². The second-order valence-electron chi connectivity index (χ2n) is 3.87. The van der Waals surface area contributed by atoms with Crippen molar-refractivity contribution in [3.05, 3.63) is 61.1 Å². The number of rotatable bonds is 3. The summed E-state index contributed by atoms with van der Waals surface area (Å²) < 4.78 is 2.51. The Morgan fingerprint density at radius 2 is 1.95 bits per heavy atom. The predicted octanol–water partition coefficient (Wildman–Crippen LogP) is 1.78. The van der Waals surface area contributed by atoms with Crippen LogP contribution < -0.4 is 11.2 Å². The molecule has 0 aromatic carbocycles. The number of hydrogen-bond acceptors (Lipinski definition) is 3. The second kappa shape index (κ2) is 5.59. The van der Waals surface area contributed by atoms with E-state index in [2.05, 4.69) is 4.98 Å². The average Bonchev–Trinajstić information content (AvgIpc) is 2.38. The first-order valence-corrected chi connectivity index (χ1v) is 6.39. The van der Waals surface area contributed by atoms with Gasteiger partial charge in [-0.15, -0.1) is 0 Å². The minimum absolute atomic E-state index is 0.00208. The standard InChI is InChI=1S/C12H11Cl2N3O2/c1-2-16-6-5-11(18)17(12(16)19)7-9-8(13)3-4-10(14)15-9/h3-6H,2,7H2,1H3. The molecule has 5 nitrogen and oxygen atoms in total. The van der Waals surface area contributed by atoms with Crippen molar-refractivity contribution in [2.75, 3.05) is 0 Å². The van der Waals surface area contributed by atoms with Gasteiger partial charge >= 0.3 is 5.69 Å². The van der Waals surface area contributed by atoms with Crippen LogP contribution in [-0.2, 0) is 13.1 Å². The average molecular weight is 300 g/mol. The molecule has 2 rings (SSSR count). The first kappa shape index (κ1) is 13.8. The fraction of sp³-hybridized carbons (Fsp3) is 0.250. The minimum Gasteiger partial charge on any atom is -0.301 e. The van der Waals surface area contributed by atoms with Crippen LogP contribution in [-0.4, -0.2) is 14.1 Å². The van der Waals surface area contributed by atoms with E-state index in [0.29, 0.717) is 17.3 Å². The lowest BCUT2D eigenvalue weighted by molar-refractivity contribution is 0.594. The topological polar surface area (TPSA) is 56.9 Å². The summed E-state index contributed by atoms with van der Waals surface area (Å²) in [6.45, 7) is 2.30. The summed E-state index contributed by atoms with van der Waals surface area (Å²) in [5.74, 6) is 0. The number of nitrogens with zero attached hydrogens (tertiary/aromatic N) is 3. The molecule has 0 atom stereocenters. The zero-order valence-corrected chi connectivity index (χ0v) is 11.6. The third-order valence-corrected chi connectivity index (χ3v) is 3.23. The van der Waals surface area contributed by atoms with Gasteiger partial charge in [-0.3, -0.25) is 9.36 Å². The van der Waals surface area contributed by atoms with Gasteiger partial charge in [0.15, 0.2) is 0 Å². The van der Waals surface area contributed by atoms with Crippen molar-refractivity contribution >= 4 is 23.2 Å². The molecule has 0 aliphatic carbocycles. The quantitative estimate of drug-likeness (QED) is 0.812. The summed E-state index contributed by atoms with van der Waals surface area (Å²) in [7, 11) is 0. The first-order valence-electron chi connectivity index (χ1n) is 5.64. The molecule has 0 aliphatic heterocycles. The number of aryl methyl sites for hydroxylation is 1. The summed E-state index contributed by atoms with van der Waals surface area (Å²) in [6, 6.07) is 4.47. The highest BCUT2D eigenvalue weighted by Crippen LogP contribution is 2.16. The lowest BCUT2D eigenvalue weighted by Crippen LogP contribution is -2.39. The molecule has 100 valence electrons. The molecular weight excluding hydrogens is 289 g/mol. The molecule has 0 bridgehead atoms. The number of hydrogen-bond donors (Lipinski definition) is 0. The van der Waals surface area contributed by atoms with Crippen LogP contribution >= 0.6 is 23.2 Å². The van der Waals surface area contributed by atoms with Crippen LogP contribution in [0, 0.1) is 0 Å². The Kier molecular flexibility index (Phi) is 4.07. The first-order chi connectivity index (χ1) is 9.02. The number of halogens is 2. The van der Waals surface area contributed by atoms with E-state index in [9.17, 15) is 9.59 Å². The maximum Gasteiger partial charge on any atom is 0.331 e. The van der Waals surface area contributed by atoms with Crippen LogP contribution in [0.25, 0.3) is 0 Å². The Bertz CT molecular complexity index is 722. The zero-order valence-electron chi connectivity index (χ0n) is 10.1. The maximum absolute atomic E-state index is 12.0. The van der Waals surface area contributed by atoms with Gasteiger partial charge in [0.25, 0.3) is 5.56 Å². The zero-order chi connectivity index (χ0) is 14.0. The Morgan fingerprint density at radius 1 is 1.21 bits per heavy atom. The predicted molar refractivity (Wildman–Crippen MR) is 74.0 cm³/mol. The summed E-state index contributed by atoms with van der Waals surface area (Å²) in [6.07, 6.45) is 1.47. The van der Waals surface area contributed by atoms with Crippen molar-refractivity contribution in [3.63, 3.8) is 0 Å².